The maximum Gasteiger partial charge on any atom is 0.254 e. The molecule has 1 aliphatic rings. The molecule has 3 rings (SSSR count). The number of H-pyrrole nitrogens is 1. The molecule has 1 aliphatic heterocycles. The molecule has 0 radical (unpaired) electrons. The van der Waals surface area contributed by atoms with Crippen molar-refractivity contribution in [2.45, 2.75) is 12.5 Å². The number of hydrogen-bond acceptors (Lipinski definition) is 4. The van der Waals surface area contributed by atoms with Gasteiger partial charge in [0, 0.05) is 19.2 Å². The van der Waals surface area contributed by atoms with Crippen LogP contribution >= 0.6 is 0 Å². The molecule has 1 aromatic carbocycles. The predicted octanol–water partition coefficient (Wildman–Crippen LogP) is 0.540. The van der Waals surface area contributed by atoms with E-state index in [1.165, 1.54) is 0 Å². The number of aromatic nitrogens is 2. The maximum absolute atomic E-state index is 12.7. The van der Waals surface area contributed by atoms with Crippen LogP contribution in [0.15, 0.2) is 24.5 Å². The van der Waals surface area contributed by atoms with E-state index in [0.717, 1.165) is 11.0 Å². The van der Waals surface area contributed by atoms with Crippen LogP contribution in [0, 0.1) is 0 Å². The van der Waals surface area contributed by atoms with E-state index < -0.39 is 5.60 Å². The van der Waals surface area contributed by atoms with Crippen molar-refractivity contribution in [3.05, 3.63) is 30.1 Å². The fourth-order valence-electron chi connectivity index (χ4n) is 2.70. The van der Waals surface area contributed by atoms with Gasteiger partial charge in [-0.15, -0.1) is 0 Å². The molecule has 1 saturated heterocycles. The van der Waals surface area contributed by atoms with Crippen LogP contribution in [-0.2, 0) is 9.53 Å². The van der Waals surface area contributed by atoms with Crippen LogP contribution in [0.3, 0.4) is 0 Å². The number of morpholine rings is 1. The minimum atomic E-state index is -1.01. The lowest BCUT2D eigenvalue weighted by molar-refractivity contribution is -0.153. The fraction of sp³-hybridized carbons (Fsp3) is 0.400. The van der Waals surface area contributed by atoms with Gasteiger partial charge in [-0.2, -0.15) is 0 Å². The van der Waals surface area contributed by atoms with Crippen LogP contribution in [0.1, 0.15) is 17.3 Å². The van der Waals surface area contributed by atoms with E-state index >= 15 is 0 Å². The number of fused-ring (bicyclic) bond motifs is 1. The SMILES string of the molecule is CNC(=O)[C@@]1(C)CN(C(=O)c2ccc3nc[nH]c3c2)CCO1. The third-order valence-electron chi connectivity index (χ3n) is 3.94. The fourth-order valence-corrected chi connectivity index (χ4v) is 2.70. The molecule has 2 aromatic rings. The first-order chi connectivity index (χ1) is 10.5. The van der Waals surface area contributed by atoms with Gasteiger partial charge in [-0.3, -0.25) is 9.59 Å². The highest BCUT2D eigenvalue weighted by molar-refractivity contribution is 5.98. The quantitative estimate of drug-likeness (QED) is 0.847. The zero-order valence-electron chi connectivity index (χ0n) is 12.5. The van der Waals surface area contributed by atoms with E-state index in [-0.39, 0.29) is 18.4 Å². The van der Waals surface area contributed by atoms with Gasteiger partial charge >= 0.3 is 0 Å². The van der Waals surface area contributed by atoms with Crippen LogP contribution in [0.4, 0.5) is 0 Å². The number of carbonyl (C=O) groups excluding carboxylic acids is 2. The van der Waals surface area contributed by atoms with Crippen molar-refractivity contribution in [3.63, 3.8) is 0 Å². The molecular weight excluding hydrogens is 284 g/mol. The first kappa shape index (κ1) is 14.5. The number of imidazole rings is 1. The monoisotopic (exact) mass is 302 g/mol. The summed E-state index contributed by atoms with van der Waals surface area (Å²) in [5.74, 6) is -0.344. The Bertz CT molecular complexity index is 726. The second kappa shape index (κ2) is 5.42. The topological polar surface area (TPSA) is 87.3 Å². The summed E-state index contributed by atoms with van der Waals surface area (Å²) in [5, 5.41) is 2.58. The molecule has 0 saturated carbocycles. The molecule has 116 valence electrons. The number of aromatic amines is 1. The van der Waals surface area contributed by atoms with Gasteiger partial charge in [0.05, 0.1) is 30.5 Å². The van der Waals surface area contributed by atoms with Crippen molar-refractivity contribution in [2.24, 2.45) is 0 Å². The van der Waals surface area contributed by atoms with Gasteiger partial charge in [-0.05, 0) is 25.1 Å². The molecule has 1 atom stereocenters. The van der Waals surface area contributed by atoms with Crippen molar-refractivity contribution >= 4 is 22.8 Å². The van der Waals surface area contributed by atoms with Crippen molar-refractivity contribution in [1.82, 2.24) is 20.2 Å². The highest BCUT2D eigenvalue weighted by Gasteiger charge is 2.40. The number of ether oxygens (including phenoxy) is 1. The molecule has 7 nitrogen and oxygen atoms in total. The molecule has 0 aliphatic carbocycles. The largest absolute Gasteiger partial charge is 0.362 e. The number of nitrogens with one attached hydrogen (secondary N) is 2. The van der Waals surface area contributed by atoms with E-state index in [1.807, 2.05) is 0 Å². The van der Waals surface area contributed by atoms with Crippen molar-refractivity contribution in [3.8, 4) is 0 Å². The second-order valence-electron chi connectivity index (χ2n) is 5.52. The lowest BCUT2D eigenvalue weighted by atomic mass is 10.0. The highest BCUT2D eigenvalue weighted by Crippen LogP contribution is 2.21. The molecule has 22 heavy (non-hydrogen) atoms. The van der Waals surface area contributed by atoms with Crippen molar-refractivity contribution < 1.29 is 14.3 Å². The summed E-state index contributed by atoms with van der Waals surface area (Å²) in [6.07, 6.45) is 1.59. The van der Waals surface area contributed by atoms with E-state index in [4.69, 9.17) is 4.74 Å². The molecule has 1 aromatic heterocycles. The van der Waals surface area contributed by atoms with Gasteiger partial charge in [0.1, 0.15) is 0 Å². The van der Waals surface area contributed by atoms with Crippen LogP contribution in [0.2, 0.25) is 0 Å². The van der Waals surface area contributed by atoms with Crippen LogP contribution < -0.4 is 5.32 Å². The molecule has 7 heteroatoms. The van der Waals surface area contributed by atoms with Crippen LogP contribution in [-0.4, -0.2) is 59.0 Å². The Morgan fingerprint density at radius 2 is 2.27 bits per heavy atom. The summed E-state index contributed by atoms with van der Waals surface area (Å²) in [5.41, 5.74) is 1.18. The summed E-state index contributed by atoms with van der Waals surface area (Å²) in [6, 6.07) is 5.33. The Morgan fingerprint density at radius 1 is 1.45 bits per heavy atom. The van der Waals surface area contributed by atoms with Gasteiger partial charge in [0.2, 0.25) is 0 Å². The third-order valence-corrected chi connectivity index (χ3v) is 3.94. The van der Waals surface area contributed by atoms with E-state index in [9.17, 15) is 9.59 Å². The molecule has 0 unspecified atom stereocenters. The lowest BCUT2D eigenvalue weighted by Crippen LogP contribution is -2.58. The number of nitrogens with zero attached hydrogens (tertiary/aromatic N) is 2. The summed E-state index contributed by atoms with van der Waals surface area (Å²) in [7, 11) is 1.56. The number of hydrogen-bond donors (Lipinski definition) is 2. The standard InChI is InChI=1S/C15H18N4O3/c1-15(14(21)16-2)8-19(5-6-22-15)13(20)10-3-4-11-12(7-10)18-9-17-11/h3-4,7,9H,5-6,8H2,1-2H3,(H,16,21)(H,17,18)/t15-/m1/s1. The summed E-state index contributed by atoms with van der Waals surface area (Å²) in [6.45, 7) is 2.73. The van der Waals surface area contributed by atoms with E-state index in [1.54, 1.807) is 43.4 Å². The maximum atomic E-state index is 12.7. The smallest absolute Gasteiger partial charge is 0.254 e. The summed E-state index contributed by atoms with van der Waals surface area (Å²) < 4.78 is 5.57. The Hall–Kier alpha value is -2.41. The molecule has 2 heterocycles. The molecule has 0 bridgehead atoms. The lowest BCUT2D eigenvalue weighted by Gasteiger charge is -2.39. The minimum Gasteiger partial charge on any atom is -0.362 e. The Balaban J connectivity index is 1.83. The first-order valence-electron chi connectivity index (χ1n) is 7.12. The van der Waals surface area contributed by atoms with E-state index in [0.29, 0.717) is 18.7 Å². The number of amides is 2. The predicted molar refractivity (Wildman–Crippen MR) is 80.4 cm³/mol. The molecule has 1 fully saturated rings. The summed E-state index contributed by atoms with van der Waals surface area (Å²) in [4.78, 5) is 33.4. The zero-order chi connectivity index (χ0) is 15.7. The molecule has 0 spiro atoms. The Morgan fingerprint density at radius 3 is 3.05 bits per heavy atom. The highest BCUT2D eigenvalue weighted by atomic mass is 16.5. The average molecular weight is 302 g/mol. The van der Waals surface area contributed by atoms with Gasteiger partial charge in [-0.25, -0.2) is 4.98 Å². The summed E-state index contributed by atoms with van der Waals surface area (Å²) >= 11 is 0. The zero-order valence-corrected chi connectivity index (χ0v) is 12.5. The molecule has 2 N–H and O–H groups in total. The minimum absolute atomic E-state index is 0.116. The van der Waals surface area contributed by atoms with Crippen molar-refractivity contribution in [1.29, 1.82) is 0 Å². The second-order valence-corrected chi connectivity index (χ2v) is 5.52. The third kappa shape index (κ3) is 2.43. The molecular formula is C15H18N4O3. The van der Waals surface area contributed by atoms with Crippen LogP contribution in [0.5, 0.6) is 0 Å². The normalized spacial score (nSPS) is 21.8. The van der Waals surface area contributed by atoms with Gasteiger partial charge < -0.3 is 19.9 Å². The van der Waals surface area contributed by atoms with Crippen LogP contribution in [0.25, 0.3) is 11.0 Å². The number of carbonyl (C=O) groups is 2. The first-order valence-corrected chi connectivity index (χ1v) is 7.12. The Labute approximate surface area is 127 Å². The van der Waals surface area contributed by atoms with Gasteiger partial charge in [0.15, 0.2) is 5.60 Å². The average Bonchev–Trinajstić information content (AvgIpc) is 3.00. The van der Waals surface area contributed by atoms with E-state index in [2.05, 4.69) is 15.3 Å². The number of likely N-dealkylation sites (N-methyl/N-ethyl adjacent to an activating group) is 1. The van der Waals surface area contributed by atoms with Gasteiger partial charge in [-0.1, -0.05) is 0 Å². The Kier molecular flexibility index (Phi) is 3.58. The number of benzene rings is 1. The number of rotatable bonds is 2. The molecule has 2 amide bonds. The van der Waals surface area contributed by atoms with Crippen molar-refractivity contribution in [2.75, 3.05) is 26.7 Å². The van der Waals surface area contributed by atoms with Gasteiger partial charge in [0.25, 0.3) is 11.8 Å².